The van der Waals surface area contributed by atoms with E-state index in [4.69, 9.17) is 4.74 Å². The van der Waals surface area contributed by atoms with Gasteiger partial charge in [0, 0.05) is 31.2 Å². The first-order valence-corrected chi connectivity index (χ1v) is 9.35. The van der Waals surface area contributed by atoms with Gasteiger partial charge in [-0.1, -0.05) is 13.0 Å². The minimum atomic E-state index is -0.106. The lowest BCUT2D eigenvalue weighted by molar-refractivity contribution is -0.118. The van der Waals surface area contributed by atoms with Crippen LogP contribution < -0.4 is 10.6 Å². The van der Waals surface area contributed by atoms with Crippen LogP contribution in [0.3, 0.4) is 0 Å². The summed E-state index contributed by atoms with van der Waals surface area (Å²) in [5.74, 6) is 0.686. The van der Waals surface area contributed by atoms with Crippen LogP contribution in [0.2, 0.25) is 0 Å². The summed E-state index contributed by atoms with van der Waals surface area (Å²) in [6.07, 6.45) is 2.10. The van der Waals surface area contributed by atoms with Crippen LogP contribution >= 0.6 is 28.3 Å². The van der Waals surface area contributed by atoms with E-state index in [1.54, 1.807) is 0 Å². The van der Waals surface area contributed by atoms with Crippen molar-refractivity contribution in [3.63, 3.8) is 0 Å². The van der Waals surface area contributed by atoms with Crippen molar-refractivity contribution in [2.75, 3.05) is 31.6 Å². The highest BCUT2D eigenvalue weighted by Gasteiger charge is 2.58. The van der Waals surface area contributed by atoms with Crippen molar-refractivity contribution >= 4 is 40.1 Å². The molecule has 3 aliphatic rings. The molecule has 25 heavy (non-hydrogen) atoms. The van der Waals surface area contributed by atoms with Crippen LogP contribution in [0.4, 0.5) is 5.82 Å². The highest BCUT2D eigenvalue weighted by Crippen LogP contribution is 2.53. The Bertz CT molecular complexity index is 656. The molecule has 3 unspecified atom stereocenters. The van der Waals surface area contributed by atoms with Gasteiger partial charge in [-0.05, 0) is 40.3 Å². The summed E-state index contributed by atoms with van der Waals surface area (Å²) in [6.45, 7) is 6.37. The van der Waals surface area contributed by atoms with Crippen LogP contribution in [0.5, 0.6) is 0 Å². The number of piperidine rings is 1. The fourth-order valence-corrected chi connectivity index (χ4v) is 4.04. The molecule has 2 saturated heterocycles. The molecule has 3 atom stereocenters. The molecule has 2 aliphatic heterocycles. The van der Waals surface area contributed by atoms with Crippen molar-refractivity contribution in [2.24, 2.45) is 5.41 Å². The number of morpholine rings is 1. The molecule has 0 spiro atoms. The van der Waals surface area contributed by atoms with E-state index in [9.17, 15) is 4.79 Å². The number of amides is 1. The van der Waals surface area contributed by atoms with Gasteiger partial charge >= 0.3 is 0 Å². The number of nitrogens with one attached hydrogen (secondary N) is 2. The molecule has 4 rings (SSSR count). The second-order valence-electron chi connectivity index (χ2n) is 7.35. The number of hydrogen-bond acceptors (Lipinski definition) is 5. The molecule has 2 N–H and O–H groups in total. The zero-order valence-corrected chi connectivity index (χ0v) is 16.7. The molecule has 6 nitrogen and oxygen atoms in total. The van der Waals surface area contributed by atoms with Gasteiger partial charge < -0.3 is 15.4 Å². The number of carbonyl (C=O) groups is 1. The Kier molecular flexibility index (Phi) is 5.70. The number of anilines is 1. The van der Waals surface area contributed by atoms with E-state index in [-0.39, 0.29) is 24.4 Å². The monoisotopic (exact) mass is 430 g/mol. The Morgan fingerprint density at radius 3 is 2.88 bits per heavy atom. The number of nitrogens with zero attached hydrogens (tertiary/aromatic N) is 2. The highest BCUT2D eigenvalue weighted by atomic mass is 79.9. The van der Waals surface area contributed by atoms with E-state index < -0.39 is 0 Å². The summed E-state index contributed by atoms with van der Waals surface area (Å²) >= 11 is 3.41. The summed E-state index contributed by atoms with van der Waals surface area (Å²) in [4.78, 5) is 19.4. The molecule has 0 aromatic carbocycles. The van der Waals surface area contributed by atoms with Crippen molar-refractivity contribution in [1.82, 2.24) is 15.2 Å². The topological polar surface area (TPSA) is 66.5 Å². The first-order chi connectivity index (χ1) is 11.5. The molecule has 3 heterocycles. The maximum atomic E-state index is 12.6. The number of halogens is 2. The van der Waals surface area contributed by atoms with Gasteiger partial charge in [0.15, 0.2) is 0 Å². The molecule has 3 fully saturated rings. The first kappa shape index (κ1) is 19.0. The van der Waals surface area contributed by atoms with E-state index in [0.717, 1.165) is 49.4 Å². The number of carbonyl (C=O) groups excluding carboxylic acids is 1. The van der Waals surface area contributed by atoms with Gasteiger partial charge in [-0.25, -0.2) is 4.98 Å². The molecular weight excluding hydrogens is 408 g/mol. The lowest BCUT2D eigenvalue weighted by Crippen LogP contribution is -2.39. The van der Waals surface area contributed by atoms with Crippen molar-refractivity contribution in [3.8, 4) is 0 Å². The van der Waals surface area contributed by atoms with E-state index in [1.807, 2.05) is 12.1 Å². The smallest absolute Gasteiger partial charge is 0.242 e. The lowest BCUT2D eigenvalue weighted by atomic mass is 10.0. The molecule has 1 aromatic rings. The van der Waals surface area contributed by atoms with Gasteiger partial charge in [0.2, 0.25) is 5.91 Å². The van der Waals surface area contributed by atoms with E-state index in [1.165, 1.54) is 6.42 Å². The van der Waals surface area contributed by atoms with Crippen molar-refractivity contribution in [2.45, 2.75) is 38.4 Å². The minimum absolute atomic E-state index is 0. The second kappa shape index (κ2) is 7.48. The maximum Gasteiger partial charge on any atom is 0.242 e. The van der Waals surface area contributed by atoms with Crippen LogP contribution in [0.15, 0.2) is 16.7 Å². The van der Waals surface area contributed by atoms with Crippen molar-refractivity contribution < 1.29 is 9.53 Å². The Morgan fingerprint density at radius 1 is 1.44 bits per heavy atom. The summed E-state index contributed by atoms with van der Waals surface area (Å²) in [5, 5.41) is 6.47. The number of hydrogen-bond donors (Lipinski definition) is 2. The van der Waals surface area contributed by atoms with Crippen LogP contribution in [0, 0.1) is 5.41 Å². The van der Waals surface area contributed by atoms with Gasteiger partial charge in [0.05, 0.1) is 19.3 Å². The van der Waals surface area contributed by atoms with Gasteiger partial charge in [0.1, 0.15) is 10.4 Å². The number of ether oxygens (including phenoxy) is 1. The normalized spacial score (nSPS) is 31.1. The molecule has 1 aromatic heterocycles. The number of pyridine rings is 1. The third-order valence-electron chi connectivity index (χ3n) is 5.42. The molecule has 1 aliphatic carbocycles. The van der Waals surface area contributed by atoms with Crippen LogP contribution in [-0.2, 0) is 16.1 Å². The molecule has 8 heteroatoms. The number of aromatic nitrogens is 1. The quantitative estimate of drug-likeness (QED) is 0.715. The summed E-state index contributed by atoms with van der Waals surface area (Å²) in [7, 11) is 0. The predicted octanol–water partition coefficient (Wildman–Crippen LogP) is 2.18. The Hall–Kier alpha value is -0.730. The van der Waals surface area contributed by atoms with Gasteiger partial charge in [-0.2, -0.15) is 0 Å². The zero-order valence-electron chi connectivity index (χ0n) is 14.3. The highest BCUT2D eigenvalue weighted by molar-refractivity contribution is 9.10. The molecule has 0 radical (unpaired) electrons. The molecular formula is C17H24BrClN4O2. The standard InChI is InChI=1S/C17H23BrN4O2.ClH/c1-17-8-12(19-13(17)9-17)16(23)21-15-11(2-3-14(18)20-15)10-22-4-6-24-7-5-22;/h2-3,12-13,19H,4-10H2,1H3,(H,20,21,23);1H. The van der Waals surface area contributed by atoms with Gasteiger partial charge in [-0.3, -0.25) is 9.69 Å². The zero-order chi connectivity index (χ0) is 16.7. The fourth-order valence-electron chi connectivity index (χ4n) is 3.73. The minimum Gasteiger partial charge on any atom is -0.379 e. The number of rotatable bonds is 4. The Morgan fingerprint density at radius 2 is 2.20 bits per heavy atom. The lowest BCUT2D eigenvalue weighted by Gasteiger charge is -2.27. The number of fused-ring (bicyclic) bond motifs is 1. The Labute approximate surface area is 162 Å². The molecule has 0 bridgehead atoms. The van der Waals surface area contributed by atoms with Crippen molar-refractivity contribution in [1.29, 1.82) is 0 Å². The maximum absolute atomic E-state index is 12.6. The summed E-state index contributed by atoms with van der Waals surface area (Å²) < 4.78 is 6.13. The molecule has 1 amide bonds. The van der Waals surface area contributed by atoms with Crippen molar-refractivity contribution in [3.05, 3.63) is 22.3 Å². The fraction of sp³-hybridized carbons (Fsp3) is 0.647. The molecule has 1 saturated carbocycles. The third-order valence-corrected chi connectivity index (χ3v) is 5.87. The third kappa shape index (κ3) is 4.17. The average Bonchev–Trinajstić information content (AvgIpc) is 3.08. The van der Waals surface area contributed by atoms with E-state index >= 15 is 0 Å². The van der Waals surface area contributed by atoms with Gasteiger partial charge in [-0.15, -0.1) is 12.4 Å². The van der Waals surface area contributed by atoms with E-state index in [2.05, 4.69) is 43.4 Å². The van der Waals surface area contributed by atoms with Gasteiger partial charge in [0.25, 0.3) is 0 Å². The van der Waals surface area contributed by atoms with Crippen LogP contribution in [-0.4, -0.2) is 54.2 Å². The largest absolute Gasteiger partial charge is 0.379 e. The SMILES string of the molecule is CC12CC(C(=O)Nc3nc(Br)ccc3CN3CCOCC3)NC1C2.Cl. The first-order valence-electron chi connectivity index (χ1n) is 8.56. The Balaban J connectivity index is 0.00000182. The van der Waals surface area contributed by atoms with E-state index in [0.29, 0.717) is 17.3 Å². The van der Waals surface area contributed by atoms with Crippen LogP contribution in [0.1, 0.15) is 25.3 Å². The molecule has 138 valence electrons. The predicted molar refractivity (Wildman–Crippen MR) is 102 cm³/mol. The second-order valence-corrected chi connectivity index (χ2v) is 8.17. The van der Waals surface area contributed by atoms with Crippen LogP contribution in [0.25, 0.3) is 0 Å². The average molecular weight is 432 g/mol. The summed E-state index contributed by atoms with van der Waals surface area (Å²) in [5.41, 5.74) is 1.37. The summed E-state index contributed by atoms with van der Waals surface area (Å²) in [6, 6.07) is 4.36.